The van der Waals surface area contributed by atoms with Gasteiger partial charge in [-0.15, -0.1) is 0 Å². The molecule has 312 valence electrons. The highest BCUT2D eigenvalue weighted by Gasteiger charge is 2.27. The Morgan fingerprint density at radius 3 is 1.57 bits per heavy atom. The number of amides is 1. The van der Waals surface area contributed by atoms with Gasteiger partial charge >= 0.3 is 7.82 Å². The summed E-state index contributed by atoms with van der Waals surface area (Å²) in [5.74, 6) is -0.462. The lowest BCUT2D eigenvalue weighted by atomic mass is 10.0. The molecule has 0 radical (unpaired) electrons. The Morgan fingerprint density at radius 2 is 1.08 bits per heavy atom. The predicted octanol–water partition coefficient (Wildman–Crippen LogP) is 10.9. The van der Waals surface area contributed by atoms with Crippen molar-refractivity contribution in [2.45, 2.75) is 212 Å². The van der Waals surface area contributed by atoms with E-state index in [4.69, 9.17) is 14.8 Å². The van der Waals surface area contributed by atoms with Gasteiger partial charge < -0.3 is 26.2 Å². The fourth-order valence-corrected chi connectivity index (χ4v) is 6.95. The molecule has 0 fully saturated rings. The van der Waals surface area contributed by atoms with Gasteiger partial charge in [0.15, 0.2) is 0 Å². The molecule has 0 aliphatic rings. The van der Waals surface area contributed by atoms with Gasteiger partial charge in [-0.25, -0.2) is 4.57 Å². The Labute approximate surface area is 325 Å². The Hall–Kier alpha value is -1.32. The van der Waals surface area contributed by atoms with Crippen LogP contribution in [0.15, 0.2) is 36.5 Å². The fraction of sp³-hybridized carbons (Fsp3) is 0.837. The number of nitrogens with two attached hydrogens (primary N) is 1. The van der Waals surface area contributed by atoms with Crippen LogP contribution in [0, 0.1) is 0 Å². The summed E-state index contributed by atoms with van der Waals surface area (Å²) < 4.78 is 22.0. The molecule has 0 aliphatic carbocycles. The molecular formula is C43H83N2O7P. The molecular weight excluding hydrogens is 687 g/mol. The van der Waals surface area contributed by atoms with Crippen molar-refractivity contribution in [3.63, 3.8) is 0 Å². The van der Waals surface area contributed by atoms with Crippen LogP contribution in [0.1, 0.15) is 194 Å². The van der Waals surface area contributed by atoms with Crippen LogP contribution in [0.25, 0.3) is 0 Å². The van der Waals surface area contributed by atoms with Crippen LogP contribution in [0.5, 0.6) is 0 Å². The molecule has 6 N–H and O–H groups in total. The minimum atomic E-state index is -4.40. The van der Waals surface area contributed by atoms with E-state index in [9.17, 15) is 24.5 Å². The molecule has 9 nitrogen and oxygen atoms in total. The first-order chi connectivity index (χ1) is 25.8. The van der Waals surface area contributed by atoms with Crippen molar-refractivity contribution in [1.29, 1.82) is 0 Å². The van der Waals surface area contributed by atoms with Gasteiger partial charge in [0.2, 0.25) is 5.91 Å². The monoisotopic (exact) mass is 771 g/mol. The number of phosphoric acid groups is 1. The zero-order valence-corrected chi connectivity index (χ0v) is 35.0. The van der Waals surface area contributed by atoms with E-state index in [0.29, 0.717) is 12.8 Å². The molecule has 4 unspecified atom stereocenters. The van der Waals surface area contributed by atoms with Crippen LogP contribution in [0.3, 0.4) is 0 Å². The third-order valence-electron chi connectivity index (χ3n) is 9.49. The fourth-order valence-electron chi connectivity index (χ4n) is 6.19. The van der Waals surface area contributed by atoms with E-state index in [1.165, 1.54) is 116 Å². The summed E-state index contributed by atoms with van der Waals surface area (Å²) in [7, 11) is -4.40. The lowest BCUT2D eigenvalue weighted by Crippen LogP contribution is -2.46. The number of nitrogens with one attached hydrogen (secondary N) is 1. The second kappa shape index (κ2) is 38.9. The predicted molar refractivity (Wildman–Crippen MR) is 223 cm³/mol. The molecule has 4 atom stereocenters. The Bertz CT molecular complexity index is 946. The van der Waals surface area contributed by atoms with Crippen LogP contribution in [0.4, 0.5) is 0 Å². The van der Waals surface area contributed by atoms with Gasteiger partial charge in [-0.1, -0.05) is 166 Å². The number of aliphatic hydroxyl groups excluding tert-OH is 2. The van der Waals surface area contributed by atoms with E-state index in [1.807, 2.05) is 6.08 Å². The molecule has 0 aromatic rings. The first kappa shape index (κ1) is 51.7. The number of carbonyl (C=O) groups is 1. The highest BCUT2D eigenvalue weighted by atomic mass is 31.2. The molecule has 0 saturated carbocycles. The van der Waals surface area contributed by atoms with Crippen LogP contribution >= 0.6 is 7.82 Å². The molecule has 0 aliphatic heterocycles. The maximum absolute atomic E-state index is 12.8. The summed E-state index contributed by atoms with van der Waals surface area (Å²) in [6.45, 7) is 3.92. The summed E-state index contributed by atoms with van der Waals surface area (Å²) >= 11 is 0. The van der Waals surface area contributed by atoms with Gasteiger partial charge in [-0.2, -0.15) is 0 Å². The normalized spacial score (nSPS) is 15.1. The molecule has 0 rings (SSSR count). The number of aliphatic hydroxyl groups is 2. The minimum Gasteiger partial charge on any atom is -0.393 e. The van der Waals surface area contributed by atoms with Crippen LogP contribution in [-0.2, 0) is 18.4 Å². The average molecular weight is 771 g/mol. The van der Waals surface area contributed by atoms with E-state index in [1.54, 1.807) is 6.08 Å². The summed E-state index contributed by atoms with van der Waals surface area (Å²) in [6.07, 6.45) is 42.4. The van der Waals surface area contributed by atoms with Crippen molar-refractivity contribution in [1.82, 2.24) is 5.32 Å². The summed E-state index contributed by atoms with van der Waals surface area (Å²) in [6, 6.07) is -1.000. The molecule has 10 heteroatoms. The number of carbonyl (C=O) groups excluding carboxylic acids is 1. The number of allylic oxidation sites excluding steroid dienone is 5. The molecule has 0 aromatic heterocycles. The van der Waals surface area contributed by atoms with E-state index in [0.717, 1.165) is 44.9 Å². The summed E-state index contributed by atoms with van der Waals surface area (Å²) in [5, 5.41) is 24.0. The van der Waals surface area contributed by atoms with Crippen molar-refractivity contribution in [3.05, 3.63) is 36.5 Å². The smallest absolute Gasteiger partial charge is 0.393 e. The average Bonchev–Trinajstić information content (AvgIpc) is 3.13. The molecule has 0 saturated heterocycles. The number of phosphoric ester groups is 1. The number of unbranched alkanes of at least 4 members (excludes halogenated alkanes) is 22. The van der Waals surface area contributed by atoms with Gasteiger partial charge in [0, 0.05) is 6.54 Å². The SMILES string of the molecule is CCCCCCC/C=C/CC/C=C/C(O)C(COP(=O)(O)OCCN)NC(=O)CC(O)CCCCCCC/C=C\CCCCCCCCCCCCC. The highest BCUT2D eigenvalue weighted by molar-refractivity contribution is 7.47. The number of hydrogen-bond donors (Lipinski definition) is 5. The first-order valence-electron chi connectivity index (χ1n) is 21.7. The van der Waals surface area contributed by atoms with Crippen molar-refractivity contribution < 1.29 is 33.5 Å². The Kier molecular flexibility index (Phi) is 38.0. The summed E-state index contributed by atoms with van der Waals surface area (Å²) in [4.78, 5) is 22.7. The Morgan fingerprint density at radius 1 is 0.642 bits per heavy atom. The van der Waals surface area contributed by atoms with E-state index in [-0.39, 0.29) is 19.6 Å². The topological polar surface area (TPSA) is 151 Å². The largest absolute Gasteiger partial charge is 0.472 e. The third kappa shape index (κ3) is 37.4. The second-order valence-electron chi connectivity index (χ2n) is 14.7. The van der Waals surface area contributed by atoms with Crippen LogP contribution in [0.2, 0.25) is 0 Å². The van der Waals surface area contributed by atoms with Crippen molar-refractivity contribution in [3.8, 4) is 0 Å². The van der Waals surface area contributed by atoms with Crippen LogP contribution < -0.4 is 11.1 Å². The molecule has 0 spiro atoms. The molecule has 1 amide bonds. The molecule has 0 heterocycles. The minimum absolute atomic E-state index is 0.0432. The van der Waals surface area contributed by atoms with Gasteiger partial charge in [0.1, 0.15) is 0 Å². The molecule has 53 heavy (non-hydrogen) atoms. The van der Waals surface area contributed by atoms with Crippen molar-refractivity contribution in [2.75, 3.05) is 19.8 Å². The van der Waals surface area contributed by atoms with Gasteiger partial charge in [-0.3, -0.25) is 13.8 Å². The zero-order valence-electron chi connectivity index (χ0n) is 34.1. The molecule has 0 bridgehead atoms. The first-order valence-corrected chi connectivity index (χ1v) is 23.2. The third-order valence-corrected chi connectivity index (χ3v) is 10.5. The summed E-state index contributed by atoms with van der Waals surface area (Å²) in [5.41, 5.74) is 5.35. The zero-order chi connectivity index (χ0) is 39.1. The van der Waals surface area contributed by atoms with E-state index in [2.05, 4.69) is 43.5 Å². The lowest BCUT2D eigenvalue weighted by molar-refractivity contribution is -0.124. The highest BCUT2D eigenvalue weighted by Crippen LogP contribution is 2.43. The van der Waals surface area contributed by atoms with Gasteiger partial charge in [0.05, 0.1) is 37.9 Å². The van der Waals surface area contributed by atoms with Gasteiger partial charge in [0.25, 0.3) is 0 Å². The van der Waals surface area contributed by atoms with Crippen molar-refractivity contribution >= 4 is 13.7 Å². The maximum atomic E-state index is 12.8. The molecule has 0 aromatic carbocycles. The quantitative estimate of drug-likeness (QED) is 0.0235. The van der Waals surface area contributed by atoms with Crippen LogP contribution in [-0.4, -0.2) is 59.0 Å². The maximum Gasteiger partial charge on any atom is 0.472 e. The number of hydrogen-bond acceptors (Lipinski definition) is 7. The second-order valence-corrected chi connectivity index (χ2v) is 16.2. The standard InChI is InChI=1S/C43H83N2O7P/c1-3-5-7-9-11-13-15-16-17-18-19-20-21-22-23-25-26-28-30-32-34-40(46)38-43(48)45-41(39-52-53(49,50)51-37-36-44)42(47)35-33-31-29-27-24-14-12-10-8-6-4-2/h21-22,24,27,33,35,40-42,46-47H,3-20,23,25-26,28-32,34,36-39,44H2,1-2H3,(H,45,48)(H,49,50)/b22-21-,27-24+,35-33+. The van der Waals surface area contributed by atoms with E-state index < -0.39 is 38.6 Å². The lowest BCUT2D eigenvalue weighted by Gasteiger charge is -2.24. The van der Waals surface area contributed by atoms with Gasteiger partial charge in [-0.05, 0) is 57.8 Å². The van der Waals surface area contributed by atoms with E-state index >= 15 is 0 Å². The number of rotatable bonds is 40. The van der Waals surface area contributed by atoms with Crippen molar-refractivity contribution in [2.24, 2.45) is 5.73 Å². The Balaban J connectivity index is 4.27.